The molecule has 1 rings (SSSR count). The Hall–Kier alpha value is -3.18. The maximum atomic E-state index is 12.9. The van der Waals surface area contributed by atoms with Gasteiger partial charge < -0.3 is 37.6 Å². The molecule has 178 valence electrons. The van der Waals surface area contributed by atoms with Gasteiger partial charge in [-0.15, -0.1) is 0 Å². The van der Waals surface area contributed by atoms with E-state index in [1.54, 1.807) is 12.1 Å². The first-order valence-corrected chi connectivity index (χ1v) is 10.4. The van der Waals surface area contributed by atoms with E-state index in [4.69, 9.17) is 16.6 Å². The Bertz CT molecular complexity index is 783. The Kier molecular flexibility index (Phi) is 11.1. The molecule has 32 heavy (non-hydrogen) atoms. The lowest BCUT2D eigenvalue weighted by Gasteiger charge is -2.24. The number of aliphatic carboxylic acids is 1. The molecule has 0 radical (unpaired) electrons. The van der Waals surface area contributed by atoms with Gasteiger partial charge in [-0.05, 0) is 57.4 Å². The highest BCUT2D eigenvalue weighted by molar-refractivity contribution is 5.94. The third-order valence-electron chi connectivity index (χ3n) is 4.73. The number of carboxylic acids is 1. The standard InChI is InChI=1S/C21H33N5O6/c1-12(23)18(28)25-16(5-3-4-10-22)19(29)26-17(20(30)24-13(2)21(31)32)11-14-6-8-15(27)9-7-14/h6-9,12-13,16-17,27H,3-5,10-11,22-23H2,1-2H3,(H,24,30)(H,25,28)(H,26,29)(H,31,32). The molecule has 0 aliphatic carbocycles. The fourth-order valence-corrected chi connectivity index (χ4v) is 2.79. The van der Waals surface area contributed by atoms with Gasteiger partial charge in [0.1, 0.15) is 23.9 Å². The van der Waals surface area contributed by atoms with Gasteiger partial charge in [-0.1, -0.05) is 12.1 Å². The van der Waals surface area contributed by atoms with Crippen molar-refractivity contribution in [3.8, 4) is 5.75 Å². The number of phenols is 1. The Labute approximate surface area is 186 Å². The minimum absolute atomic E-state index is 0.0388. The van der Waals surface area contributed by atoms with E-state index in [2.05, 4.69) is 16.0 Å². The molecule has 4 unspecified atom stereocenters. The lowest BCUT2D eigenvalue weighted by atomic mass is 10.0. The van der Waals surface area contributed by atoms with E-state index in [-0.39, 0.29) is 12.2 Å². The molecule has 0 bridgehead atoms. The fraction of sp³-hybridized carbons (Fsp3) is 0.524. The van der Waals surface area contributed by atoms with E-state index in [1.807, 2.05) is 0 Å². The summed E-state index contributed by atoms with van der Waals surface area (Å²) in [6, 6.07) is 1.99. The third-order valence-corrected chi connectivity index (χ3v) is 4.73. The average molecular weight is 452 g/mol. The topological polar surface area (TPSA) is 197 Å². The van der Waals surface area contributed by atoms with Crippen molar-refractivity contribution in [1.29, 1.82) is 0 Å². The third kappa shape index (κ3) is 9.31. The molecular formula is C21H33N5O6. The molecule has 1 aromatic carbocycles. The highest BCUT2D eigenvalue weighted by atomic mass is 16.4. The van der Waals surface area contributed by atoms with Gasteiger partial charge in [0.15, 0.2) is 0 Å². The maximum absolute atomic E-state index is 12.9. The Balaban J connectivity index is 3.03. The quantitative estimate of drug-likeness (QED) is 0.185. The number of carboxylic acid groups (broad SMARTS) is 1. The zero-order valence-corrected chi connectivity index (χ0v) is 18.3. The molecular weight excluding hydrogens is 418 g/mol. The summed E-state index contributed by atoms with van der Waals surface area (Å²) in [5.74, 6) is -3.00. The van der Waals surface area contributed by atoms with Crippen molar-refractivity contribution in [1.82, 2.24) is 16.0 Å². The van der Waals surface area contributed by atoms with Crippen molar-refractivity contribution in [3.63, 3.8) is 0 Å². The number of benzene rings is 1. The molecule has 0 heterocycles. The molecule has 4 atom stereocenters. The van der Waals surface area contributed by atoms with Crippen LogP contribution in [0.15, 0.2) is 24.3 Å². The minimum Gasteiger partial charge on any atom is -0.508 e. The molecule has 11 heteroatoms. The van der Waals surface area contributed by atoms with Crippen LogP contribution in [-0.2, 0) is 25.6 Å². The van der Waals surface area contributed by atoms with Crippen molar-refractivity contribution < 1.29 is 29.4 Å². The summed E-state index contributed by atoms with van der Waals surface area (Å²) in [7, 11) is 0. The second-order valence-corrected chi connectivity index (χ2v) is 7.63. The fourth-order valence-electron chi connectivity index (χ4n) is 2.79. The monoisotopic (exact) mass is 451 g/mol. The number of nitrogens with two attached hydrogens (primary N) is 2. The number of carbonyl (C=O) groups is 4. The minimum atomic E-state index is -1.23. The van der Waals surface area contributed by atoms with E-state index in [1.165, 1.54) is 26.0 Å². The first-order valence-electron chi connectivity index (χ1n) is 10.4. The predicted molar refractivity (Wildman–Crippen MR) is 117 cm³/mol. The predicted octanol–water partition coefficient (Wildman–Crippen LogP) is -1.03. The molecule has 0 saturated heterocycles. The van der Waals surface area contributed by atoms with Gasteiger partial charge in [0.05, 0.1) is 6.04 Å². The van der Waals surface area contributed by atoms with Crippen LogP contribution in [-0.4, -0.2) is 64.6 Å². The SMILES string of the molecule is CC(N)C(=O)NC(CCCCN)C(=O)NC(Cc1ccc(O)cc1)C(=O)NC(C)C(=O)O. The number of hydrogen-bond acceptors (Lipinski definition) is 7. The van der Waals surface area contributed by atoms with Crippen LogP contribution in [0.5, 0.6) is 5.75 Å². The second kappa shape index (κ2) is 13.3. The number of aromatic hydroxyl groups is 1. The van der Waals surface area contributed by atoms with Crippen molar-refractivity contribution in [2.75, 3.05) is 6.54 Å². The normalized spacial score (nSPS) is 14.5. The number of nitrogens with one attached hydrogen (secondary N) is 3. The van der Waals surface area contributed by atoms with Gasteiger partial charge in [0.2, 0.25) is 17.7 Å². The van der Waals surface area contributed by atoms with Gasteiger partial charge in [-0.25, -0.2) is 0 Å². The highest BCUT2D eigenvalue weighted by Gasteiger charge is 2.29. The summed E-state index contributed by atoms with van der Waals surface area (Å²) in [5.41, 5.74) is 11.7. The van der Waals surface area contributed by atoms with Crippen LogP contribution in [0.4, 0.5) is 0 Å². The highest BCUT2D eigenvalue weighted by Crippen LogP contribution is 2.12. The summed E-state index contributed by atoms with van der Waals surface area (Å²) in [6.45, 7) is 3.21. The molecule has 0 aliphatic heterocycles. The lowest BCUT2D eigenvalue weighted by molar-refractivity contribution is -0.141. The van der Waals surface area contributed by atoms with Gasteiger partial charge in [-0.2, -0.15) is 0 Å². The maximum Gasteiger partial charge on any atom is 0.325 e. The second-order valence-electron chi connectivity index (χ2n) is 7.63. The molecule has 9 N–H and O–H groups in total. The Morgan fingerprint density at radius 2 is 1.47 bits per heavy atom. The van der Waals surface area contributed by atoms with Crippen molar-refractivity contribution in [2.45, 2.75) is 63.7 Å². The molecule has 0 spiro atoms. The zero-order chi connectivity index (χ0) is 24.3. The Morgan fingerprint density at radius 3 is 2.00 bits per heavy atom. The molecule has 0 aliphatic rings. The van der Waals surface area contributed by atoms with Gasteiger partial charge in [-0.3, -0.25) is 19.2 Å². The van der Waals surface area contributed by atoms with Gasteiger partial charge in [0.25, 0.3) is 0 Å². The van der Waals surface area contributed by atoms with Crippen molar-refractivity contribution >= 4 is 23.7 Å². The number of hydrogen-bond donors (Lipinski definition) is 7. The van der Waals surface area contributed by atoms with Crippen LogP contribution in [0.25, 0.3) is 0 Å². The van der Waals surface area contributed by atoms with Crippen LogP contribution in [0, 0.1) is 0 Å². The average Bonchev–Trinajstić information content (AvgIpc) is 2.73. The summed E-state index contributed by atoms with van der Waals surface area (Å²) < 4.78 is 0. The lowest BCUT2D eigenvalue weighted by Crippen LogP contribution is -2.57. The van der Waals surface area contributed by atoms with Crippen LogP contribution in [0.1, 0.15) is 38.7 Å². The molecule has 0 aromatic heterocycles. The van der Waals surface area contributed by atoms with Crippen LogP contribution >= 0.6 is 0 Å². The van der Waals surface area contributed by atoms with E-state index >= 15 is 0 Å². The summed E-state index contributed by atoms with van der Waals surface area (Å²) in [4.78, 5) is 48.8. The number of unbranched alkanes of at least 4 members (excludes halogenated alkanes) is 1. The first kappa shape index (κ1) is 26.9. The largest absolute Gasteiger partial charge is 0.508 e. The van der Waals surface area contributed by atoms with Crippen LogP contribution in [0.2, 0.25) is 0 Å². The molecule has 11 nitrogen and oxygen atoms in total. The van der Waals surface area contributed by atoms with Gasteiger partial charge in [0, 0.05) is 6.42 Å². The molecule has 1 aromatic rings. The van der Waals surface area contributed by atoms with E-state index in [0.29, 0.717) is 31.4 Å². The molecule has 3 amide bonds. The van der Waals surface area contributed by atoms with E-state index < -0.39 is 47.9 Å². The number of phenolic OH excluding ortho intramolecular Hbond substituents is 1. The van der Waals surface area contributed by atoms with Gasteiger partial charge >= 0.3 is 5.97 Å². The van der Waals surface area contributed by atoms with Crippen molar-refractivity contribution in [3.05, 3.63) is 29.8 Å². The zero-order valence-electron chi connectivity index (χ0n) is 18.3. The van der Waals surface area contributed by atoms with E-state index in [9.17, 15) is 24.3 Å². The molecule has 0 fully saturated rings. The van der Waals surface area contributed by atoms with Crippen molar-refractivity contribution in [2.24, 2.45) is 11.5 Å². The first-order chi connectivity index (χ1) is 15.0. The summed E-state index contributed by atoms with van der Waals surface area (Å²) >= 11 is 0. The Morgan fingerprint density at radius 1 is 0.906 bits per heavy atom. The number of carbonyl (C=O) groups excluding carboxylic acids is 3. The summed E-state index contributed by atoms with van der Waals surface area (Å²) in [5, 5.41) is 26.0. The smallest absolute Gasteiger partial charge is 0.325 e. The van der Waals surface area contributed by atoms with Crippen LogP contribution in [0.3, 0.4) is 0 Å². The van der Waals surface area contributed by atoms with E-state index in [0.717, 1.165) is 0 Å². The summed E-state index contributed by atoms with van der Waals surface area (Å²) in [6.07, 6.45) is 1.55. The number of amides is 3. The van der Waals surface area contributed by atoms with Crippen LogP contribution < -0.4 is 27.4 Å². The molecule has 0 saturated carbocycles. The number of rotatable bonds is 13.